The van der Waals surface area contributed by atoms with Crippen LogP contribution in [0.1, 0.15) is 6.42 Å². The molecule has 0 unspecified atom stereocenters. The zero-order valence-electron chi connectivity index (χ0n) is 10.2. The molecule has 0 spiro atoms. The van der Waals surface area contributed by atoms with Gasteiger partial charge in [-0.1, -0.05) is 0 Å². The van der Waals surface area contributed by atoms with Crippen LogP contribution in [-0.4, -0.2) is 38.9 Å². The van der Waals surface area contributed by atoms with Crippen LogP contribution in [0.15, 0.2) is 18.3 Å². The number of hydrogen-bond acceptors (Lipinski definition) is 5. The summed E-state index contributed by atoms with van der Waals surface area (Å²) in [4.78, 5) is 6.28. The first-order valence-electron chi connectivity index (χ1n) is 5.43. The van der Waals surface area contributed by atoms with Gasteiger partial charge in [0.15, 0.2) is 11.6 Å². The lowest BCUT2D eigenvalue weighted by Gasteiger charge is -2.23. The first-order valence-corrected chi connectivity index (χ1v) is 5.43. The van der Waals surface area contributed by atoms with Gasteiger partial charge < -0.3 is 14.4 Å². The Bertz CT molecular complexity index is 376. The van der Waals surface area contributed by atoms with Gasteiger partial charge in [-0.15, -0.1) is 0 Å². The van der Waals surface area contributed by atoms with Crippen LogP contribution in [-0.2, 0) is 4.74 Å². The summed E-state index contributed by atoms with van der Waals surface area (Å²) in [7, 11) is 3.26. The number of hydrogen-bond donors (Lipinski definition) is 0. The average Bonchev–Trinajstić information content (AvgIpc) is 2.39. The van der Waals surface area contributed by atoms with Crippen molar-refractivity contribution in [2.75, 3.05) is 38.8 Å². The molecule has 1 aromatic rings. The number of pyridine rings is 1. The van der Waals surface area contributed by atoms with Gasteiger partial charge in [0, 0.05) is 26.4 Å². The maximum atomic E-state index is 8.65. The number of nitriles is 1. The minimum absolute atomic E-state index is 0.448. The highest BCUT2D eigenvalue weighted by Crippen LogP contribution is 2.24. The summed E-state index contributed by atoms with van der Waals surface area (Å²) in [5.74, 6) is 1.46. The molecular weight excluding hydrogens is 218 g/mol. The molecule has 1 heterocycles. The molecule has 0 aliphatic rings. The third-order valence-electron chi connectivity index (χ3n) is 2.33. The number of methoxy groups -OCH3 is 2. The molecule has 0 saturated carbocycles. The van der Waals surface area contributed by atoms with Gasteiger partial charge in [-0.05, 0) is 12.1 Å². The topological polar surface area (TPSA) is 58.4 Å². The van der Waals surface area contributed by atoms with E-state index in [0.29, 0.717) is 31.9 Å². The van der Waals surface area contributed by atoms with E-state index in [9.17, 15) is 0 Å². The number of nitrogens with zero attached hydrogens (tertiary/aromatic N) is 3. The largest absolute Gasteiger partial charge is 0.493 e. The maximum Gasteiger partial charge on any atom is 0.171 e. The molecule has 0 saturated heterocycles. The van der Waals surface area contributed by atoms with Gasteiger partial charge in [0.05, 0.1) is 26.2 Å². The highest BCUT2D eigenvalue weighted by molar-refractivity contribution is 5.52. The molecule has 92 valence electrons. The van der Waals surface area contributed by atoms with E-state index in [1.165, 1.54) is 0 Å². The summed E-state index contributed by atoms with van der Waals surface area (Å²) in [5.41, 5.74) is 0. The number of anilines is 1. The standard InChI is InChI=1S/C12H17N3O2/c1-16-10-9-15(8-4-6-13)12-11(17-2)5-3-7-14-12/h3,5,7H,4,8-10H2,1-2H3. The lowest BCUT2D eigenvalue weighted by molar-refractivity contribution is 0.205. The molecule has 1 aromatic heterocycles. The molecule has 5 nitrogen and oxygen atoms in total. The summed E-state index contributed by atoms with van der Waals surface area (Å²) in [6.07, 6.45) is 2.16. The van der Waals surface area contributed by atoms with Crippen LogP contribution in [0.4, 0.5) is 5.82 Å². The smallest absolute Gasteiger partial charge is 0.171 e. The van der Waals surface area contributed by atoms with Crippen molar-refractivity contribution in [3.8, 4) is 11.8 Å². The van der Waals surface area contributed by atoms with Gasteiger partial charge in [0.2, 0.25) is 0 Å². The Morgan fingerprint density at radius 3 is 2.88 bits per heavy atom. The van der Waals surface area contributed by atoms with Crippen LogP contribution >= 0.6 is 0 Å². The van der Waals surface area contributed by atoms with Crippen LogP contribution in [0.5, 0.6) is 5.75 Å². The van der Waals surface area contributed by atoms with E-state index in [1.807, 2.05) is 17.0 Å². The first kappa shape index (κ1) is 13.3. The lowest BCUT2D eigenvalue weighted by atomic mass is 10.3. The highest BCUT2D eigenvalue weighted by Gasteiger charge is 2.12. The van der Waals surface area contributed by atoms with Crippen molar-refractivity contribution in [3.05, 3.63) is 18.3 Å². The summed E-state index contributed by atoms with van der Waals surface area (Å²) >= 11 is 0. The summed E-state index contributed by atoms with van der Waals surface area (Å²) in [6.45, 7) is 1.89. The third kappa shape index (κ3) is 3.93. The summed E-state index contributed by atoms with van der Waals surface area (Å²) < 4.78 is 10.3. The Labute approximate surface area is 102 Å². The molecule has 0 N–H and O–H groups in total. The fourth-order valence-corrected chi connectivity index (χ4v) is 1.49. The molecule has 5 heteroatoms. The Morgan fingerprint density at radius 2 is 2.24 bits per heavy atom. The monoisotopic (exact) mass is 235 g/mol. The second kappa shape index (κ2) is 7.47. The third-order valence-corrected chi connectivity index (χ3v) is 2.33. The van der Waals surface area contributed by atoms with E-state index in [2.05, 4.69) is 11.1 Å². The molecule has 0 bridgehead atoms. The molecular formula is C12H17N3O2. The fraction of sp³-hybridized carbons (Fsp3) is 0.500. The Kier molecular flexibility index (Phi) is 5.83. The van der Waals surface area contributed by atoms with Gasteiger partial charge >= 0.3 is 0 Å². The van der Waals surface area contributed by atoms with Crippen molar-refractivity contribution in [2.45, 2.75) is 6.42 Å². The van der Waals surface area contributed by atoms with Gasteiger partial charge in [-0.2, -0.15) is 5.26 Å². The second-order valence-electron chi connectivity index (χ2n) is 3.42. The molecule has 0 aliphatic heterocycles. The fourth-order valence-electron chi connectivity index (χ4n) is 1.49. The van der Waals surface area contributed by atoms with Gasteiger partial charge in [-0.25, -0.2) is 4.98 Å². The van der Waals surface area contributed by atoms with Crippen LogP contribution in [0.3, 0.4) is 0 Å². The number of aromatic nitrogens is 1. The molecule has 0 amide bonds. The van der Waals surface area contributed by atoms with Crippen LogP contribution in [0.2, 0.25) is 0 Å². The normalized spacial score (nSPS) is 9.71. The molecule has 0 aromatic carbocycles. The molecule has 0 fully saturated rings. The predicted molar refractivity (Wildman–Crippen MR) is 65.1 cm³/mol. The Balaban J connectivity index is 2.83. The number of rotatable bonds is 7. The Morgan fingerprint density at radius 1 is 1.41 bits per heavy atom. The van der Waals surface area contributed by atoms with Crippen molar-refractivity contribution in [2.24, 2.45) is 0 Å². The molecule has 0 atom stereocenters. The van der Waals surface area contributed by atoms with Crippen molar-refractivity contribution >= 4 is 5.82 Å². The summed E-state index contributed by atoms with van der Waals surface area (Å²) in [5, 5.41) is 8.65. The molecule has 0 aliphatic carbocycles. The van der Waals surface area contributed by atoms with E-state index in [0.717, 1.165) is 5.82 Å². The van der Waals surface area contributed by atoms with Gasteiger partial charge in [0.1, 0.15) is 0 Å². The zero-order chi connectivity index (χ0) is 12.5. The van der Waals surface area contributed by atoms with Crippen LogP contribution in [0, 0.1) is 11.3 Å². The minimum atomic E-state index is 0.448. The Hall–Kier alpha value is -1.80. The zero-order valence-corrected chi connectivity index (χ0v) is 10.2. The van der Waals surface area contributed by atoms with Crippen molar-refractivity contribution in [1.29, 1.82) is 5.26 Å². The molecule has 1 rings (SSSR count). The maximum absolute atomic E-state index is 8.65. The molecule has 17 heavy (non-hydrogen) atoms. The SMILES string of the molecule is COCCN(CCC#N)c1ncccc1OC. The lowest BCUT2D eigenvalue weighted by Crippen LogP contribution is -2.29. The van der Waals surface area contributed by atoms with E-state index in [4.69, 9.17) is 14.7 Å². The quantitative estimate of drug-likeness (QED) is 0.716. The number of ether oxygens (including phenoxy) is 2. The van der Waals surface area contributed by atoms with E-state index in [1.54, 1.807) is 20.4 Å². The van der Waals surface area contributed by atoms with E-state index < -0.39 is 0 Å². The van der Waals surface area contributed by atoms with E-state index >= 15 is 0 Å². The second-order valence-corrected chi connectivity index (χ2v) is 3.42. The van der Waals surface area contributed by atoms with Crippen molar-refractivity contribution in [3.63, 3.8) is 0 Å². The molecule has 0 radical (unpaired) electrons. The van der Waals surface area contributed by atoms with Crippen LogP contribution in [0.25, 0.3) is 0 Å². The van der Waals surface area contributed by atoms with Gasteiger partial charge in [-0.3, -0.25) is 0 Å². The average molecular weight is 235 g/mol. The van der Waals surface area contributed by atoms with Gasteiger partial charge in [0.25, 0.3) is 0 Å². The van der Waals surface area contributed by atoms with Crippen LogP contribution < -0.4 is 9.64 Å². The minimum Gasteiger partial charge on any atom is -0.493 e. The van der Waals surface area contributed by atoms with Crippen molar-refractivity contribution < 1.29 is 9.47 Å². The first-order chi connectivity index (χ1) is 8.33. The summed E-state index contributed by atoms with van der Waals surface area (Å²) in [6, 6.07) is 5.81. The highest BCUT2D eigenvalue weighted by atomic mass is 16.5. The van der Waals surface area contributed by atoms with Crippen molar-refractivity contribution in [1.82, 2.24) is 4.98 Å². The van der Waals surface area contributed by atoms with E-state index in [-0.39, 0.29) is 0 Å². The predicted octanol–water partition coefficient (Wildman–Crippen LogP) is 1.46.